The van der Waals surface area contributed by atoms with Gasteiger partial charge in [-0.15, -0.1) is 0 Å². The molecule has 0 fully saturated rings. The van der Waals surface area contributed by atoms with Crippen LogP contribution in [0.25, 0.3) is 0 Å². The molecule has 0 saturated heterocycles. The summed E-state index contributed by atoms with van der Waals surface area (Å²) in [7, 11) is 0. The average Bonchev–Trinajstić information content (AvgIpc) is 2.33. The van der Waals surface area contributed by atoms with Gasteiger partial charge >= 0.3 is 5.97 Å². The van der Waals surface area contributed by atoms with Crippen molar-refractivity contribution in [2.24, 2.45) is 0 Å². The second-order valence-corrected chi connectivity index (χ2v) is 5.35. The summed E-state index contributed by atoms with van der Waals surface area (Å²) in [6.45, 7) is 1.77. The standard InChI is InChI=1S/C14H11BrClNO2/c1-8-6-9(2-4-11(8)14(18)19)17-10-3-5-12(15)13(16)7-10/h2-7,17H,1H3,(H,18,19). The Morgan fingerprint density at radius 1 is 1.21 bits per heavy atom. The molecule has 0 saturated carbocycles. The fourth-order valence-corrected chi connectivity index (χ4v) is 2.15. The van der Waals surface area contributed by atoms with Gasteiger partial charge < -0.3 is 10.4 Å². The molecule has 0 bridgehead atoms. The molecule has 0 radical (unpaired) electrons. The van der Waals surface area contributed by atoms with E-state index in [1.54, 1.807) is 31.2 Å². The highest BCUT2D eigenvalue weighted by Crippen LogP contribution is 2.27. The van der Waals surface area contributed by atoms with Crippen LogP contribution in [0.2, 0.25) is 5.02 Å². The fraction of sp³-hybridized carbons (Fsp3) is 0.0714. The number of aryl methyl sites for hydroxylation is 1. The Morgan fingerprint density at radius 3 is 2.42 bits per heavy atom. The van der Waals surface area contributed by atoms with Crippen LogP contribution in [0.3, 0.4) is 0 Å². The van der Waals surface area contributed by atoms with E-state index in [-0.39, 0.29) is 0 Å². The van der Waals surface area contributed by atoms with Crippen LogP contribution in [0.15, 0.2) is 40.9 Å². The van der Waals surface area contributed by atoms with Crippen LogP contribution in [-0.2, 0) is 0 Å². The van der Waals surface area contributed by atoms with Crippen molar-refractivity contribution in [1.82, 2.24) is 0 Å². The molecule has 0 atom stereocenters. The quantitative estimate of drug-likeness (QED) is 0.839. The maximum absolute atomic E-state index is 10.9. The molecule has 3 nitrogen and oxygen atoms in total. The maximum Gasteiger partial charge on any atom is 0.335 e. The summed E-state index contributed by atoms with van der Waals surface area (Å²) in [5.41, 5.74) is 2.68. The highest BCUT2D eigenvalue weighted by atomic mass is 79.9. The first kappa shape index (κ1) is 13.9. The number of hydrogen-bond donors (Lipinski definition) is 2. The lowest BCUT2D eigenvalue weighted by Gasteiger charge is -2.09. The predicted octanol–water partition coefficient (Wildman–Crippen LogP) is 4.85. The van der Waals surface area contributed by atoms with Gasteiger partial charge in [0, 0.05) is 15.8 Å². The van der Waals surface area contributed by atoms with Gasteiger partial charge in [-0.05, 0) is 64.8 Å². The van der Waals surface area contributed by atoms with Crippen molar-refractivity contribution < 1.29 is 9.90 Å². The lowest BCUT2D eigenvalue weighted by atomic mass is 10.1. The van der Waals surface area contributed by atoms with Gasteiger partial charge in [-0.1, -0.05) is 11.6 Å². The Labute approximate surface area is 124 Å². The van der Waals surface area contributed by atoms with Crippen molar-refractivity contribution in [3.8, 4) is 0 Å². The molecule has 0 unspecified atom stereocenters. The molecule has 0 heterocycles. The van der Waals surface area contributed by atoms with Gasteiger partial charge in [0.25, 0.3) is 0 Å². The molecule has 19 heavy (non-hydrogen) atoms. The van der Waals surface area contributed by atoms with E-state index in [1.165, 1.54) is 0 Å². The Kier molecular flexibility index (Phi) is 4.12. The summed E-state index contributed by atoms with van der Waals surface area (Å²) in [5.74, 6) is -0.921. The summed E-state index contributed by atoms with van der Waals surface area (Å²) < 4.78 is 0.831. The molecule has 0 spiro atoms. The van der Waals surface area contributed by atoms with E-state index in [0.717, 1.165) is 15.8 Å². The zero-order valence-electron chi connectivity index (χ0n) is 10.1. The molecule has 2 N–H and O–H groups in total. The van der Waals surface area contributed by atoms with Crippen molar-refractivity contribution in [3.05, 3.63) is 57.0 Å². The van der Waals surface area contributed by atoms with E-state index < -0.39 is 5.97 Å². The minimum atomic E-state index is -0.921. The number of rotatable bonds is 3. The molecule has 2 rings (SSSR count). The molecule has 0 aromatic heterocycles. The third-order valence-corrected chi connectivity index (χ3v) is 3.90. The van der Waals surface area contributed by atoms with E-state index >= 15 is 0 Å². The van der Waals surface area contributed by atoms with Crippen LogP contribution < -0.4 is 5.32 Å². The summed E-state index contributed by atoms with van der Waals surface area (Å²) >= 11 is 9.34. The zero-order valence-corrected chi connectivity index (χ0v) is 12.4. The van der Waals surface area contributed by atoms with Gasteiger partial charge in [0.15, 0.2) is 0 Å². The highest BCUT2D eigenvalue weighted by molar-refractivity contribution is 9.10. The molecule has 98 valence electrons. The third-order valence-electron chi connectivity index (χ3n) is 2.67. The van der Waals surface area contributed by atoms with Gasteiger partial charge in [0.05, 0.1) is 10.6 Å². The number of halogens is 2. The molecular weight excluding hydrogens is 330 g/mol. The van der Waals surface area contributed by atoms with Crippen LogP contribution in [0.1, 0.15) is 15.9 Å². The van der Waals surface area contributed by atoms with Crippen molar-refractivity contribution in [2.45, 2.75) is 6.92 Å². The van der Waals surface area contributed by atoms with Crippen LogP contribution >= 0.6 is 27.5 Å². The number of hydrogen-bond acceptors (Lipinski definition) is 2. The van der Waals surface area contributed by atoms with E-state index in [9.17, 15) is 4.79 Å². The zero-order chi connectivity index (χ0) is 14.0. The molecule has 0 aliphatic rings. The van der Waals surface area contributed by atoms with Crippen LogP contribution in [0.5, 0.6) is 0 Å². The first-order chi connectivity index (χ1) is 8.97. The van der Waals surface area contributed by atoms with Crippen molar-refractivity contribution in [2.75, 3.05) is 5.32 Å². The third kappa shape index (κ3) is 3.28. The Balaban J connectivity index is 2.26. The lowest BCUT2D eigenvalue weighted by molar-refractivity contribution is 0.0696. The van der Waals surface area contributed by atoms with E-state index in [0.29, 0.717) is 16.1 Å². The van der Waals surface area contributed by atoms with Gasteiger partial charge in [-0.25, -0.2) is 4.79 Å². The highest BCUT2D eigenvalue weighted by Gasteiger charge is 2.07. The minimum Gasteiger partial charge on any atom is -0.478 e. The topological polar surface area (TPSA) is 49.3 Å². The molecular formula is C14H11BrClNO2. The van der Waals surface area contributed by atoms with Crippen LogP contribution in [-0.4, -0.2) is 11.1 Å². The first-order valence-electron chi connectivity index (χ1n) is 5.53. The van der Waals surface area contributed by atoms with Gasteiger partial charge in [-0.2, -0.15) is 0 Å². The second-order valence-electron chi connectivity index (χ2n) is 4.09. The molecule has 2 aromatic rings. The van der Waals surface area contributed by atoms with Gasteiger partial charge in [-0.3, -0.25) is 0 Å². The van der Waals surface area contributed by atoms with E-state index in [1.807, 2.05) is 12.1 Å². The van der Waals surface area contributed by atoms with Crippen LogP contribution in [0, 0.1) is 6.92 Å². The number of aromatic carboxylic acids is 1. The molecule has 0 aliphatic carbocycles. The molecule has 0 aliphatic heterocycles. The predicted molar refractivity (Wildman–Crippen MR) is 80.6 cm³/mol. The van der Waals surface area contributed by atoms with E-state index in [4.69, 9.17) is 16.7 Å². The second kappa shape index (κ2) is 5.63. The first-order valence-corrected chi connectivity index (χ1v) is 6.70. The number of benzene rings is 2. The summed E-state index contributed by atoms with van der Waals surface area (Å²) in [6.07, 6.45) is 0. The van der Waals surface area contributed by atoms with Crippen molar-refractivity contribution in [1.29, 1.82) is 0 Å². The van der Waals surface area contributed by atoms with Crippen molar-refractivity contribution >= 4 is 44.9 Å². The minimum absolute atomic E-state index is 0.305. The maximum atomic E-state index is 10.9. The number of carboxylic acids is 1. The number of nitrogens with one attached hydrogen (secondary N) is 1. The van der Waals surface area contributed by atoms with Gasteiger partial charge in [0.1, 0.15) is 0 Å². The summed E-state index contributed by atoms with van der Waals surface area (Å²) in [6, 6.07) is 10.6. The Morgan fingerprint density at radius 2 is 1.84 bits per heavy atom. The number of carboxylic acid groups (broad SMARTS) is 1. The monoisotopic (exact) mass is 339 g/mol. The fourth-order valence-electron chi connectivity index (χ4n) is 1.72. The van der Waals surface area contributed by atoms with Crippen molar-refractivity contribution in [3.63, 3.8) is 0 Å². The Hall–Kier alpha value is -1.52. The number of anilines is 2. The molecule has 0 amide bonds. The summed E-state index contributed by atoms with van der Waals surface area (Å²) in [4.78, 5) is 10.9. The van der Waals surface area contributed by atoms with Crippen LogP contribution in [0.4, 0.5) is 11.4 Å². The lowest BCUT2D eigenvalue weighted by Crippen LogP contribution is -2.00. The van der Waals surface area contributed by atoms with E-state index in [2.05, 4.69) is 21.2 Å². The Bertz CT molecular complexity index is 643. The van der Waals surface area contributed by atoms with Gasteiger partial charge in [0.2, 0.25) is 0 Å². The molecule has 2 aromatic carbocycles. The molecule has 5 heteroatoms. The smallest absolute Gasteiger partial charge is 0.335 e. The summed E-state index contributed by atoms with van der Waals surface area (Å²) in [5, 5.41) is 12.8. The normalized spacial score (nSPS) is 10.3. The largest absolute Gasteiger partial charge is 0.478 e. The average molecular weight is 341 g/mol. The SMILES string of the molecule is Cc1cc(Nc2ccc(Br)c(Cl)c2)ccc1C(=O)O. The number of carbonyl (C=O) groups is 1.